The molecule has 7 heteroatoms. The number of anilines is 1. The van der Waals surface area contributed by atoms with E-state index in [1.165, 1.54) is 6.07 Å². The molecule has 3 nitrogen and oxygen atoms in total. The number of carbonyl (C=O) groups is 1. The molecule has 2 atom stereocenters. The van der Waals surface area contributed by atoms with Gasteiger partial charge in [-0.2, -0.15) is 13.2 Å². The molecule has 0 aromatic heterocycles. The number of carbonyl (C=O) groups excluding carboxylic acids is 1. The lowest BCUT2D eigenvalue weighted by Crippen LogP contribution is -2.32. The number of halogens is 4. The van der Waals surface area contributed by atoms with Crippen LogP contribution in [0, 0.1) is 0 Å². The fraction of sp³-hybridized carbons (Fsp3) is 0.462. The van der Waals surface area contributed by atoms with Crippen LogP contribution in [0.3, 0.4) is 0 Å². The highest BCUT2D eigenvalue weighted by Crippen LogP contribution is 2.31. The zero-order chi connectivity index (χ0) is 14.8. The molecule has 1 aliphatic heterocycles. The average Bonchev–Trinajstić information content (AvgIpc) is 2.85. The van der Waals surface area contributed by atoms with Crippen molar-refractivity contribution in [3.05, 3.63) is 29.8 Å². The van der Waals surface area contributed by atoms with Crippen molar-refractivity contribution in [2.24, 2.45) is 0 Å². The molecule has 1 N–H and O–H groups in total. The van der Waals surface area contributed by atoms with Crippen molar-refractivity contribution < 1.29 is 18.0 Å². The first-order chi connectivity index (χ1) is 9.40. The van der Waals surface area contributed by atoms with Gasteiger partial charge in [0.2, 0.25) is 0 Å². The van der Waals surface area contributed by atoms with Crippen molar-refractivity contribution in [1.29, 1.82) is 0 Å². The molecule has 1 aromatic rings. The second kappa shape index (κ2) is 6.01. The Hall–Kier alpha value is -1.27. The minimum absolute atomic E-state index is 0.0142. The topological polar surface area (TPSA) is 32.3 Å². The van der Waals surface area contributed by atoms with E-state index in [4.69, 9.17) is 11.6 Å². The van der Waals surface area contributed by atoms with Gasteiger partial charge in [0, 0.05) is 24.8 Å². The first-order valence-electron chi connectivity index (χ1n) is 6.17. The third kappa shape index (κ3) is 3.64. The lowest BCUT2D eigenvalue weighted by Gasteiger charge is -2.19. The first kappa shape index (κ1) is 15.1. The van der Waals surface area contributed by atoms with Gasteiger partial charge >= 0.3 is 6.18 Å². The predicted molar refractivity (Wildman–Crippen MR) is 70.7 cm³/mol. The molecule has 0 aliphatic carbocycles. The van der Waals surface area contributed by atoms with Crippen LogP contribution in [0.5, 0.6) is 0 Å². The molecule has 1 saturated heterocycles. The van der Waals surface area contributed by atoms with Gasteiger partial charge in [0.05, 0.1) is 5.56 Å². The van der Waals surface area contributed by atoms with E-state index >= 15 is 0 Å². The van der Waals surface area contributed by atoms with Crippen LogP contribution in [0.2, 0.25) is 0 Å². The average molecular weight is 307 g/mol. The van der Waals surface area contributed by atoms with Gasteiger partial charge in [0.15, 0.2) is 6.29 Å². The highest BCUT2D eigenvalue weighted by molar-refractivity contribution is 6.27. The van der Waals surface area contributed by atoms with E-state index in [0.717, 1.165) is 18.6 Å². The number of rotatable bonds is 4. The van der Waals surface area contributed by atoms with E-state index in [9.17, 15) is 18.0 Å². The van der Waals surface area contributed by atoms with Crippen LogP contribution in [-0.2, 0) is 11.0 Å². The number of nitrogens with one attached hydrogen (secondary N) is 1. The standard InChI is InChI=1S/C13H14ClF3N2O/c14-12(8-20)19-5-4-11(7-19)18-10-3-1-2-9(6-10)13(15,16)17/h1-3,6,8,11-12,18H,4-5,7H2/t11-,12?/m1/s1. The summed E-state index contributed by atoms with van der Waals surface area (Å²) in [4.78, 5) is 12.4. The lowest BCUT2D eigenvalue weighted by molar-refractivity contribution is -0.137. The zero-order valence-corrected chi connectivity index (χ0v) is 11.3. The molecule has 1 unspecified atom stereocenters. The second-order valence-corrected chi connectivity index (χ2v) is 5.16. The van der Waals surface area contributed by atoms with Gasteiger partial charge in [-0.05, 0) is 24.6 Å². The van der Waals surface area contributed by atoms with E-state index in [0.29, 0.717) is 25.1 Å². The van der Waals surface area contributed by atoms with Gasteiger partial charge in [0.25, 0.3) is 0 Å². The predicted octanol–water partition coefficient (Wildman–Crippen LogP) is 2.96. The largest absolute Gasteiger partial charge is 0.416 e. The summed E-state index contributed by atoms with van der Waals surface area (Å²) >= 11 is 5.81. The summed E-state index contributed by atoms with van der Waals surface area (Å²) in [7, 11) is 0. The quantitative estimate of drug-likeness (QED) is 0.527. The summed E-state index contributed by atoms with van der Waals surface area (Å²) in [5.41, 5.74) is -0.937. The number of hydrogen-bond acceptors (Lipinski definition) is 3. The summed E-state index contributed by atoms with van der Waals surface area (Å²) < 4.78 is 37.8. The van der Waals surface area contributed by atoms with Crippen molar-refractivity contribution in [3.8, 4) is 0 Å². The van der Waals surface area contributed by atoms with Crippen LogP contribution in [0.4, 0.5) is 18.9 Å². The minimum atomic E-state index is -4.35. The molecule has 1 aliphatic rings. The molecule has 0 radical (unpaired) electrons. The monoisotopic (exact) mass is 306 g/mol. The van der Waals surface area contributed by atoms with Gasteiger partial charge in [-0.1, -0.05) is 17.7 Å². The number of hydrogen-bond donors (Lipinski definition) is 1. The van der Waals surface area contributed by atoms with E-state index in [1.54, 1.807) is 11.0 Å². The van der Waals surface area contributed by atoms with Crippen molar-refractivity contribution >= 4 is 23.6 Å². The van der Waals surface area contributed by atoms with Crippen LogP contribution in [0.1, 0.15) is 12.0 Å². The number of nitrogens with zero attached hydrogens (tertiary/aromatic N) is 1. The third-order valence-corrected chi connectivity index (χ3v) is 3.62. The summed E-state index contributed by atoms with van der Waals surface area (Å²) in [5, 5.41) is 3.05. The van der Waals surface area contributed by atoms with Gasteiger partial charge < -0.3 is 10.1 Å². The highest BCUT2D eigenvalue weighted by Gasteiger charge is 2.31. The maximum absolute atomic E-state index is 12.6. The molecule has 2 rings (SSSR count). The number of likely N-dealkylation sites (tertiary alicyclic amines) is 1. The Kier molecular flexibility index (Phi) is 4.55. The van der Waals surface area contributed by atoms with Crippen molar-refractivity contribution in [2.45, 2.75) is 24.1 Å². The Balaban J connectivity index is 2.00. The second-order valence-electron chi connectivity index (χ2n) is 4.71. The molecule has 1 heterocycles. The van der Waals surface area contributed by atoms with E-state index in [-0.39, 0.29) is 6.04 Å². The van der Waals surface area contributed by atoms with Gasteiger partial charge in [-0.25, -0.2) is 0 Å². The molecule has 20 heavy (non-hydrogen) atoms. The number of alkyl halides is 4. The SMILES string of the molecule is O=CC(Cl)N1CC[C@@H](Nc2cccc(C(F)(F)F)c2)C1. The Morgan fingerprint density at radius 2 is 2.20 bits per heavy atom. The molecule has 1 aromatic carbocycles. The molecular formula is C13H14ClF3N2O. The molecule has 1 fully saturated rings. The van der Waals surface area contributed by atoms with Crippen molar-refractivity contribution in [3.63, 3.8) is 0 Å². The Labute approximate surface area is 119 Å². The fourth-order valence-electron chi connectivity index (χ4n) is 2.24. The first-order valence-corrected chi connectivity index (χ1v) is 6.61. The highest BCUT2D eigenvalue weighted by atomic mass is 35.5. The summed E-state index contributed by atoms with van der Waals surface area (Å²) in [6, 6.07) is 5.07. The van der Waals surface area contributed by atoms with Gasteiger partial charge in [0.1, 0.15) is 5.50 Å². The molecule has 0 saturated carbocycles. The van der Waals surface area contributed by atoms with Crippen LogP contribution in [-0.4, -0.2) is 35.8 Å². The third-order valence-electron chi connectivity index (χ3n) is 3.24. The maximum atomic E-state index is 12.6. The maximum Gasteiger partial charge on any atom is 0.416 e. The fourth-order valence-corrected chi connectivity index (χ4v) is 2.41. The molecule has 0 spiro atoms. The number of aldehydes is 1. The Morgan fingerprint density at radius 1 is 1.45 bits per heavy atom. The van der Waals surface area contributed by atoms with Crippen molar-refractivity contribution in [1.82, 2.24) is 4.90 Å². The van der Waals surface area contributed by atoms with E-state index in [1.807, 2.05) is 0 Å². The minimum Gasteiger partial charge on any atom is -0.381 e. The molecule has 110 valence electrons. The molecule has 0 amide bonds. The van der Waals surface area contributed by atoms with Crippen LogP contribution < -0.4 is 5.32 Å². The number of benzene rings is 1. The summed E-state index contributed by atoms with van der Waals surface area (Å²) in [5.74, 6) is 0. The van der Waals surface area contributed by atoms with Crippen molar-refractivity contribution in [2.75, 3.05) is 18.4 Å². The van der Waals surface area contributed by atoms with E-state index in [2.05, 4.69) is 5.32 Å². The summed E-state index contributed by atoms with van der Waals surface area (Å²) in [6.45, 7) is 1.17. The Bertz CT molecular complexity index is 481. The zero-order valence-electron chi connectivity index (χ0n) is 10.5. The van der Waals surface area contributed by atoms with Crippen LogP contribution >= 0.6 is 11.6 Å². The normalized spacial score (nSPS) is 21.7. The molecular weight excluding hydrogens is 293 g/mol. The van der Waals surface area contributed by atoms with E-state index < -0.39 is 17.2 Å². The van der Waals surface area contributed by atoms with Gasteiger partial charge in [-0.15, -0.1) is 0 Å². The summed E-state index contributed by atoms with van der Waals surface area (Å²) in [6.07, 6.45) is -2.97. The lowest BCUT2D eigenvalue weighted by atomic mass is 10.1. The Morgan fingerprint density at radius 3 is 2.85 bits per heavy atom. The van der Waals surface area contributed by atoms with Crippen LogP contribution in [0.15, 0.2) is 24.3 Å². The van der Waals surface area contributed by atoms with Gasteiger partial charge in [-0.3, -0.25) is 4.90 Å². The smallest absolute Gasteiger partial charge is 0.381 e. The molecule has 0 bridgehead atoms. The van der Waals surface area contributed by atoms with Crippen LogP contribution in [0.25, 0.3) is 0 Å².